The number of sulfonamides is 1. The molecule has 0 unspecified atom stereocenters. The summed E-state index contributed by atoms with van der Waals surface area (Å²) in [4.78, 5) is 3.84. The SMILES string of the molecule is Cc1cc(CS(=O)(=O)Nc2cccc(Cl)n2)no1. The van der Waals surface area contributed by atoms with E-state index in [1.54, 1.807) is 25.1 Å². The van der Waals surface area contributed by atoms with Crippen molar-refractivity contribution in [3.63, 3.8) is 0 Å². The van der Waals surface area contributed by atoms with Gasteiger partial charge >= 0.3 is 0 Å². The predicted octanol–water partition coefficient (Wildman–Crippen LogP) is 1.97. The summed E-state index contributed by atoms with van der Waals surface area (Å²) in [5, 5.41) is 3.83. The minimum atomic E-state index is -3.58. The lowest BCUT2D eigenvalue weighted by molar-refractivity contribution is 0.392. The molecule has 0 aliphatic rings. The van der Waals surface area contributed by atoms with Crippen LogP contribution in [0.4, 0.5) is 5.82 Å². The number of aromatic nitrogens is 2. The van der Waals surface area contributed by atoms with E-state index in [1.807, 2.05) is 0 Å². The van der Waals surface area contributed by atoms with Gasteiger partial charge in [-0.15, -0.1) is 0 Å². The van der Waals surface area contributed by atoms with Crippen LogP contribution in [0.25, 0.3) is 0 Å². The van der Waals surface area contributed by atoms with Gasteiger partial charge in [0.05, 0.1) is 0 Å². The summed E-state index contributed by atoms with van der Waals surface area (Å²) in [6.45, 7) is 1.69. The number of halogens is 1. The topological polar surface area (TPSA) is 85.1 Å². The molecular formula is C10H10ClN3O3S. The van der Waals surface area contributed by atoms with Crippen LogP contribution in [0.3, 0.4) is 0 Å². The first-order chi connectivity index (χ1) is 8.44. The quantitative estimate of drug-likeness (QED) is 0.869. The maximum Gasteiger partial charge on any atom is 0.239 e. The molecule has 0 amide bonds. The number of hydrogen-bond acceptors (Lipinski definition) is 5. The summed E-state index contributed by atoms with van der Waals surface area (Å²) < 4.78 is 30.7. The molecule has 8 heteroatoms. The minimum Gasteiger partial charge on any atom is -0.361 e. The van der Waals surface area contributed by atoms with Gasteiger partial charge in [-0.1, -0.05) is 22.8 Å². The molecule has 0 aromatic carbocycles. The second kappa shape index (κ2) is 4.95. The number of nitrogens with zero attached hydrogens (tertiary/aromatic N) is 2. The smallest absolute Gasteiger partial charge is 0.239 e. The molecule has 0 bridgehead atoms. The van der Waals surface area contributed by atoms with E-state index in [4.69, 9.17) is 16.1 Å². The first kappa shape index (κ1) is 12.8. The zero-order valence-corrected chi connectivity index (χ0v) is 11.0. The van der Waals surface area contributed by atoms with Crippen LogP contribution in [0.5, 0.6) is 0 Å². The van der Waals surface area contributed by atoms with Crippen LogP contribution in [0.2, 0.25) is 5.15 Å². The molecule has 96 valence electrons. The van der Waals surface area contributed by atoms with Crippen molar-refractivity contribution in [1.82, 2.24) is 10.1 Å². The molecule has 2 aromatic heterocycles. The van der Waals surface area contributed by atoms with Crippen LogP contribution in [0.15, 0.2) is 28.8 Å². The molecule has 0 aliphatic heterocycles. The second-order valence-electron chi connectivity index (χ2n) is 3.64. The molecular weight excluding hydrogens is 278 g/mol. The largest absolute Gasteiger partial charge is 0.361 e. The number of nitrogens with one attached hydrogen (secondary N) is 1. The Morgan fingerprint density at radius 2 is 2.22 bits per heavy atom. The van der Waals surface area contributed by atoms with Gasteiger partial charge in [0.15, 0.2) is 0 Å². The van der Waals surface area contributed by atoms with Gasteiger partial charge in [-0.3, -0.25) is 4.72 Å². The molecule has 1 N–H and O–H groups in total. The van der Waals surface area contributed by atoms with E-state index in [2.05, 4.69) is 14.9 Å². The Morgan fingerprint density at radius 1 is 1.44 bits per heavy atom. The number of anilines is 1. The molecule has 0 spiro atoms. The lowest BCUT2D eigenvalue weighted by Gasteiger charge is -2.05. The minimum absolute atomic E-state index is 0.169. The fourth-order valence-electron chi connectivity index (χ4n) is 1.34. The zero-order valence-electron chi connectivity index (χ0n) is 9.42. The molecule has 0 radical (unpaired) electrons. The highest BCUT2D eigenvalue weighted by Gasteiger charge is 2.15. The van der Waals surface area contributed by atoms with Crippen molar-refractivity contribution in [2.24, 2.45) is 0 Å². The molecule has 2 aromatic rings. The third-order valence-corrected chi connectivity index (χ3v) is 3.40. The zero-order chi connectivity index (χ0) is 13.2. The molecule has 2 heterocycles. The van der Waals surface area contributed by atoms with Crippen molar-refractivity contribution in [3.05, 3.63) is 40.9 Å². The van der Waals surface area contributed by atoms with Gasteiger partial charge in [-0.2, -0.15) is 0 Å². The summed E-state index contributed by atoms with van der Waals surface area (Å²) >= 11 is 5.66. The van der Waals surface area contributed by atoms with Crippen LogP contribution in [-0.4, -0.2) is 18.6 Å². The van der Waals surface area contributed by atoms with Gasteiger partial charge in [0, 0.05) is 6.07 Å². The normalized spacial score (nSPS) is 11.4. The Bertz CT molecular complexity index is 654. The van der Waals surface area contributed by atoms with E-state index < -0.39 is 10.0 Å². The average Bonchev–Trinajstić information content (AvgIpc) is 2.62. The lowest BCUT2D eigenvalue weighted by atomic mass is 10.4. The predicted molar refractivity (Wildman–Crippen MR) is 66.7 cm³/mol. The number of rotatable bonds is 4. The molecule has 2 rings (SSSR count). The number of hydrogen-bond donors (Lipinski definition) is 1. The summed E-state index contributed by atoms with van der Waals surface area (Å²) in [6.07, 6.45) is 0. The molecule has 0 saturated heterocycles. The van der Waals surface area contributed by atoms with Crippen LogP contribution in [-0.2, 0) is 15.8 Å². The highest BCUT2D eigenvalue weighted by atomic mass is 35.5. The first-order valence-corrected chi connectivity index (χ1v) is 7.03. The monoisotopic (exact) mass is 287 g/mol. The summed E-state index contributed by atoms with van der Waals surface area (Å²) in [7, 11) is -3.58. The van der Waals surface area contributed by atoms with Crippen LogP contribution in [0, 0.1) is 6.92 Å². The van der Waals surface area contributed by atoms with E-state index in [9.17, 15) is 8.42 Å². The maximum absolute atomic E-state index is 11.8. The van der Waals surface area contributed by atoms with Crippen molar-refractivity contribution in [1.29, 1.82) is 0 Å². The second-order valence-corrected chi connectivity index (χ2v) is 5.75. The van der Waals surface area contributed by atoms with Gasteiger partial charge in [0.25, 0.3) is 0 Å². The summed E-state index contributed by atoms with van der Waals surface area (Å²) in [5.41, 5.74) is 0.335. The third kappa shape index (κ3) is 3.44. The molecule has 0 aliphatic carbocycles. The van der Waals surface area contributed by atoms with Crippen molar-refractivity contribution in [2.75, 3.05) is 4.72 Å². The van der Waals surface area contributed by atoms with Gasteiger partial charge in [0.1, 0.15) is 28.2 Å². The Hall–Kier alpha value is -1.60. The molecule has 6 nitrogen and oxygen atoms in total. The Balaban J connectivity index is 2.12. The molecule has 18 heavy (non-hydrogen) atoms. The summed E-state index contributed by atoms with van der Waals surface area (Å²) in [6, 6.07) is 6.23. The standard InChI is InChI=1S/C10H10ClN3O3S/c1-7-5-8(13-17-7)6-18(15,16)14-10-4-2-3-9(11)12-10/h2-5H,6H2,1H3,(H,12,14). The van der Waals surface area contributed by atoms with Crippen LogP contribution >= 0.6 is 11.6 Å². The van der Waals surface area contributed by atoms with Crippen molar-refractivity contribution in [2.45, 2.75) is 12.7 Å². The summed E-state index contributed by atoms with van der Waals surface area (Å²) in [5.74, 6) is 0.447. The van der Waals surface area contributed by atoms with E-state index in [-0.39, 0.29) is 16.7 Å². The molecule has 0 fully saturated rings. The Morgan fingerprint density at radius 3 is 2.83 bits per heavy atom. The Kier molecular flexibility index (Phi) is 3.53. The third-order valence-electron chi connectivity index (χ3n) is 1.99. The van der Waals surface area contributed by atoms with Gasteiger partial charge in [-0.25, -0.2) is 13.4 Å². The van der Waals surface area contributed by atoms with Crippen molar-refractivity contribution < 1.29 is 12.9 Å². The van der Waals surface area contributed by atoms with E-state index >= 15 is 0 Å². The van der Waals surface area contributed by atoms with Crippen LogP contribution < -0.4 is 4.72 Å². The van der Waals surface area contributed by atoms with E-state index in [0.29, 0.717) is 11.5 Å². The van der Waals surface area contributed by atoms with Crippen LogP contribution in [0.1, 0.15) is 11.5 Å². The van der Waals surface area contributed by atoms with E-state index in [0.717, 1.165) is 0 Å². The average molecular weight is 288 g/mol. The van der Waals surface area contributed by atoms with Crippen molar-refractivity contribution in [3.8, 4) is 0 Å². The maximum atomic E-state index is 11.8. The molecule has 0 atom stereocenters. The highest BCUT2D eigenvalue weighted by Crippen LogP contribution is 2.13. The first-order valence-electron chi connectivity index (χ1n) is 5.00. The van der Waals surface area contributed by atoms with Gasteiger partial charge in [-0.05, 0) is 19.1 Å². The van der Waals surface area contributed by atoms with Gasteiger partial charge < -0.3 is 4.52 Å². The van der Waals surface area contributed by atoms with Gasteiger partial charge in [0.2, 0.25) is 10.0 Å². The highest BCUT2D eigenvalue weighted by molar-refractivity contribution is 7.91. The molecule has 0 saturated carbocycles. The lowest BCUT2D eigenvalue weighted by Crippen LogP contribution is -2.16. The fourth-order valence-corrected chi connectivity index (χ4v) is 2.53. The Labute approximate surface area is 109 Å². The van der Waals surface area contributed by atoms with E-state index in [1.165, 1.54) is 6.07 Å². The van der Waals surface area contributed by atoms with Crippen molar-refractivity contribution >= 4 is 27.4 Å². The fraction of sp³-hybridized carbons (Fsp3) is 0.200. The number of pyridine rings is 1. The number of aryl methyl sites for hydroxylation is 1.